The van der Waals surface area contributed by atoms with Gasteiger partial charge in [0.1, 0.15) is 0 Å². The van der Waals surface area contributed by atoms with Gasteiger partial charge in [-0.05, 0) is 48.2 Å². The van der Waals surface area contributed by atoms with Gasteiger partial charge in [-0.15, -0.1) is 0 Å². The molecule has 1 saturated carbocycles. The van der Waals surface area contributed by atoms with Gasteiger partial charge in [0.2, 0.25) is 10.0 Å². The molecule has 96 valence electrons. The highest BCUT2D eigenvalue weighted by molar-refractivity contribution is 7.89. The van der Waals surface area contributed by atoms with Gasteiger partial charge >= 0.3 is 0 Å². The monoisotopic (exact) mass is 274 g/mol. The highest BCUT2D eigenvalue weighted by Gasteiger charge is 2.20. The molecule has 1 heterocycles. The number of hydrogen-bond donors (Lipinski definition) is 2. The van der Waals surface area contributed by atoms with Gasteiger partial charge in [0.25, 0.3) is 0 Å². The molecule has 0 spiro atoms. The van der Waals surface area contributed by atoms with Gasteiger partial charge in [-0.3, -0.25) is 0 Å². The number of sulfonamides is 1. The Morgan fingerprint density at radius 2 is 2.24 bits per heavy atom. The third-order valence-electron chi connectivity index (χ3n) is 2.68. The molecule has 1 aliphatic carbocycles. The maximum atomic E-state index is 11.7. The third kappa shape index (κ3) is 5.16. The van der Waals surface area contributed by atoms with Crippen molar-refractivity contribution in [2.24, 2.45) is 0 Å². The van der Waals surface area contributed by atoms with Crippen LogP contribution >= 0.6 is 11.3 Å². The van der Waals surface area contributed by atoms with Crippen LogP contribution in [0.4, 0.5) is 0 Å². The average molecular weight is 274 g/mol. The van der Waals surface area contributed by atoms with Gasteiger partial charge in [-0.25, -0.2) is 13.1 Å². The molecule has 2 N–H and O–H groups in total. The molecular formula is C11H18N2O2S2. The van der Waals surface area contributed by atoms with Crippen molar-refractivity contribution in [3.8, 4) is 0 Å². The van der Waals surface area contributed by atoms with E-state index in [-0.39, 0.29) is 5.75 Å². The molecule has 0 aliphatic heterocycles. The molecule has 6 heteroatoms. The number of hydrogen-bond acceptors (Lipinski definition) is 4. The van der Waals surface area contributed by atoms with Crippen LogP contribution in [0.15, 0.2) is 16.8 Å². The Morgan fingerprint density at radius 1 is 1.41 bits per heavy atom. The van der Waals surface area contributed by atoms with Crippen LogP contribution in [0.1, 0.15) is 24.8 Å². The van der Waals surface area contributed by atoms with Gasteiger partial charge in [0.15, 0.2) is 0 Å². The van der Waals surface area contributed by atoms with E-state index in [1.807, 2.05) is 16.8 Å². The van der Waals surface area contributed by atoms with E-state index in [9.17, 15) is 8.42 Å². The summed E-state index contributed by atoms with van der Waals surface area (Å²) in [5.41, 5.74) is 1.02. The van der Waals surface area contributed by atoms with E-state index < -0.39 is 10.0 Å². The fraction of sp³-hybridized carbons (Fsp3) is 0.636. The Bertz CT molecular complexity index is 424. The molecule has 0 amide bonds. The van der Waals surface area contributed by atoms with E-state index in [0.29, 0.717) is 19.0 Å². The first kappa shape index (κ1) is 13.0. The van der Waals surface area contributed by atoms with Crippen LogP contribution in [0.2, 0.25) is 0 Å². The van der Waals surface area contributed by atoms with E-state index in [2.05, 4.69) is 10.0 Å². The number of nitrogens with one attached hydrogen (secondary N) is 2. The zero-order valence-corrected chi connectivity index (χ0v) is 11.3. The van der Waals surface area contributed by atoms with Crippen molar-refractivity contribution in [3.05, 3.63) is 22.4 Å². The largest absolute Gasteiger partial charge is 0.314 e. The smallest absolute Gasteiger partial charge is 0.211 e. The lowest BCUT2D eigenvalue weighted by atomic mass is 10.4. The zero-order chi connectivity index (χ0) is 12.1. The lowest BCUT2D eigenvalue weighted by molar-refractivity contribution is 0.574. The van der Waals surface area contributed by atoms with Crippen LogP contribution in [-0.4, -0.2) is 26.8 Å². The summed E-state index contributed by atoms with van der Waals surface area (Å²) in [6.07, 6.45) is 3.15. The maximum absolute atomic E-state index is 11.7. The quantitative estimate of drug-likeness (QED) is 0.703. The van der Waals surface area contributed by atoms with Crippen LogP contribution in [0.3, 0.4) is 0 Å². The summed E-state index contributed by atoms with van der Waals surface area (Å²) in [5.74, 6) is 0.205. The van der Waals surface area contributed by atoms with Crippen molar-refractivity contribution in [2.45, 2.75) is 31.8 Å². The minimum atomic E-state index is -3.12. The van der Waals surface area contributed by atoms with Crippen molar-refractivity contribution < 1.29 is 8.42 Å². The summed E-state index contributed by atoms with van der Waals surface area (Å²) in [6, 6.07) is 2.58. The summed E-state index contributed by atoms with van der Waals surface area (Å²) >= 11 is 1.58. The van der Waals surface area contributed by atoms with Crippen LogP contribution in [0.5, 0.6) is 0 Å². The molecule has 0 unspecified atom stereocenters. The average Bonchev–Trinajstić information content (AvgIpc) is 2.96. The van der Waals surface area contributed by atoms with Crippen LogP contribution in [0.25, 0.3) is 0 Å². The van der Waals surface area contributed by atoms with Crippen LogP contribution < -0.4 is 10.0 Å². The summed E-state index contributed by atoms with van der Waals surface area (Å²) in [5, 5.41) is 7.21. The molecule has 1 aliphatic rings. The molecule has 4 nitrogen and oxygen atoms in total. The Labute approximate surface area is 106 Å². The molecule has 0 bridgehead atoms. The maximum Gasteiger partial charge on any atom is 0.211 e. The van der Waals surface area contributed by atoms with Crippen molar-refractivity contribution in [1.29, 1.82) is 0 Å². The van der Waals surface area contributed by atoms with Gasteiger partial charge < -0.3 is 5.32 Å². The molecule has 1 fully saturated rings. The molecule has 0 aromatic carbocycles. The second kappa shape index (κ2) is 5.95. The van der Waals surface area contributed by atoms with E-state index in [1.54, 1.807) is 11.3 Å². The van der Waals surface area contributed by atoms with Gasteiger partial charge in [-0.1, -0.05) is 0 Å². The van der Waals surface area contributed by atoms with Crippen LogP contribution in [-0.2, 0) is 16.6 Å². The van der Waals surface area contributed by atoms with Crippen molar-refractivity contribution in [2.75, 3.05) is 12.3 Å². The SMILES string of the molecule is O=S(=O)(CCCNC1CC1)NCc1ccsc1. The Hall–Kier alpha value is -0.430. The van der Waals surface area contributed by atoms with Crippen molar-refractivity contribution >= 4 is 21.4 Å². The number of rotatable bonds is 8. The van der Waals surface area contributed by atoms with E-state index in [4.69, 9.17) is 0 Å². The summed E-state index contributed by atoms with van der Waals surface area (Å²) in [4.78, 5) is 0. The topological polar surface area (TPSA) is 58.2 Å². The van der Waals surface area contributed by atoms with Gasteiger partial charge in [-0.2, -0.15) is 11.3 Å². The van der Waals surface area contributed by atoms with Crippen molar-refractivity contribution in [1.82, 2.24) is 10.0 Å². The van der Waals surface area contributed by atoms with E-state index in [0.717, 1.165) is 12.1 Å². The summed E-state index contributed by atoms with van der Waals surface area (Å²) in [6.45, 7) is 1.20. The first-order valence-electron chi connectivity index (χ1n) is 5.87. The van der Waals surface area contributed by atoms with E-state index in [1.165, 1.54) is 12.8 Å². The molecule has 0 radical (unpaired) electrons. The number of thiophene rings is 1. The second-order valence-corrected chi connectivity index (χ2v) is 7.06. The lowest BCUT2D eigenvalue weighted by Gasteiger charge is -2.06. The molecule has 17 heavy (non-hydrogen) atoms. The second-order valence-electron chi connectivity index (χ2n) is 4.35. The van der Waals surface area contributed by atoms with E-state index >= 15 is 0 Å². The molecule has 0 atom stereocenters. The van der Waals surface area contributed by atoms with Gasteiger partial charge in [0.05, 0.1) is 5.75 Å². The summed E-state index contributed by atoms with van der Waals surface area (Å²) in [7, 11) is -3.12. The standard InChI is InChI=1S/C11H18N2O2S2/c14-17(15,7-1-5-12-11-2-3-11)13-8-10-4-6-16-9-10/h4,6,9,11-13H,1-3,5,7-8H2. The summed E-state index contributed by atoms with van der Waals surface area (Å²) < 4.78 is 25.9. The third-order valence-corrected chi connectivity index (χ3v) is 4.82. The Kier molecular flexibility index (Phi) is 4.55. The Balaban J connectivity index is 1.63. The fourth-order valence-electron chi connectivity index (χ4n) is 1.51. The van der Waals surface area contributed by atoms with Crippen LogP contribution in [0, 0.1) is 0 Å². The predicted octanol–water partition coefficient (Wildman–Crippen LogP) is 1.31. The fourth-order valence-corrected chi connectivity index (χ4v) is 3.24. The van der Waals surface area contributed by atoms with Crippen molar-refractivity contribution in [3.63, 3.8) is 0 Å². The first-order chi connectivity index (χ1) is 8.16. The zero-order valence-electron chi connectivity index (χ0n) is 9.69. The lowest BCUT2D eigenvalue weighted by Crippen LogP contribution is -2.28. The normalized spacial score (nSPS) is 16.2. The highest BCUT2D eigenvalue weighted by Crippen LogP contribution is 2.18. The highest BCUT2D eigenvalue weighted by atomic mass is 32.2. The molecule has 2 rings (SSSR count). The molecular weight excluding hydrogens is 256 g/mol. The molecule has 1 aromatic heterocycles. The first-order valence-corrected chi connectivity index (χ1v) is 8.47. The minimum absolute atomic E-state index is 0.205. The Morgan fingerprint density at radius 3 is 2.88 bits per heavy atom. The predicted molar refractivity (Wildman–Crippen MR) is 70.6 cm³/mol. The van der Waals surface area contributed by atoms with Gasteiger partial charge in [0, 0.05) is 12.6 Å². The molecule has 0 saturated heterocycles. The molecule has 1 aromatic rings. The minimum Gasteiger partial charge on any atom is -0.314 e.